The Hall–Kier alpha value is -2.93. The highest BCUT2D eigenvalue weighted by Crippen LogP contribution is 2.20. The van der Waals surface area contributed by atoms with Gasteiger partial charge in [-0.05, 0) is 19.1 Å². The van der Waals surface area contributed by atoms with Crippen molar-refractivity contribution in [3.05, 3.63) is 65.9 Å². The van der Waals surface area contributed by atoms with Crippen LogP contribution in [0, 0.1) is 18.3 Å². The SMILES string of the molecule is Cc1ccc(-n2nc(C#N)c(-c3ccccc3)n2)cc1. The Bertz CT molecular complexity index is 764. The Labute approximate surface area is 116 Å². The van der Waals surface area contributed by atoms with Crippen molar-refractivity contribution in [2.45, 2.75) is 6.92 Å². The molecule has 0 aliphatic carbocycles. The van der Waals surface area contributed by atoms with Gasteiger partial charge in [0.1, 0.15) is 11.8 Å². The average Bonchev–Trinajstić information content (AvgIpc) is 2.93. The van der Waals surface area contributed by atoms with Crippen molar-refractivity contribution < 1.29 is 0 Å². The predicted octanol–water partition coefficient (Wildman–Crippen LogP) is 3.11. The van der Waals surface area contributed by atoms with E-state index in [1.165, 1.54) is 10.4 Å². The summed E-state index contributed by atoms with van der Waals surface area (Å²) in [5.41, 5.74) is 3.84. The van der Waals surface area contributed by atoms with Gasteiger partial charge in [0, 0.05) is 5.56 Å². The Morgan fingerprint density at radius 3 is 2.30 bits per heavy atom. The summed E-state index contributed by atoms with van der Waals surface area (Å²) in [7, 11) is 0. The standard InChI is InChI=1S/C16H12N4/c1-12-7-9-14(10-8-12)20-18-15(11-17)16(19-20)13-5-3-2-4-6-13/h2-10H,1H3. The van der Waals surface area contributed by atoms with Gasteiger partial charge in [-0.3, -0.25) is 0 Å². The van der Waals surface area contributed by atoms with Crippen LogP contribution in [0.25, 0.3) is 16.9 Å². The molecule has 0 saturated carbocycles. The number of nitriles is 1. The van der Waals surface area contributed by atoms with Crippen LogP contribution >= 0.6 is 0 Å². The number of hydrogen-bond donors (Lipinski definition) is 0. The van der Waals surface area contributed by atoms with Crippen molar-refractivity contribution in [3.8, 4) is 23.0 Å². The zero-order chi connectivity index (χ0) is 13.9. The zero-order valence-electron chi connectivity index (χ0n) is 11.0. The number of aromatic nitrogens is 3. The van der Waals surface area contributed by atoms with E-state index in [2.05, 4.69) is 16.3 Å². The van der Waals surface area contributed by atoms with E-state index in [1.807, 2.05) is 61.5 Å². The van der Waals surface area contributed by atoms with E-state index in [4.69, 9.17) is 0 Å². The fraction of sp³-hybridized carbons (Fsp3) is 0.0625. The van der Waals surface area contributed by atoms with Crippen LogP contribution in [0.5, 0.6) is 0 Å². The van der Waals surface area contributed by atoms with Crippen molar-refractivity contribution in [2.75, 3.05) is 0 Å². The lowest BCUT2D eigenvalue weighted by atomic mass is 10.1. The van der Waals surface area contributed by atoms with Crippen LogP contribution in [-0.2, 0) is 0 Å². The molecule has 20 heavy (non-hydrogen) atoms. The summed E-state index contributed by atoms with van der Waals surface area (Å²) in [6, 6.07) is 19.6. The molecule has 3 rings (SSSR count). The highest BCUT2D eigenvalue weighted by atomic mass is 15.5. The molecule has 0 aliphatic heterocycles. The van der Waals surface area contributed by atoms with Gasteiger partial charge in [0.05, 0.1) is 5.69 Å². The van der Waals surface area contributed by atoms with Crippen LogP contribution in [0.3, 0.4) is 0 Å². The van der Waals surface area contributed by atoms with Gasteiger partial charge in [-0.15, -0.1) is 15.0 Å². The molecule has 0 spiro atoms. The average molecular weight is 260 g/mol. The molecular formula is C16H12N4. The van der Waals surface area contributed by atoms with E-state index in [9.17, 15) is 5.26 Å². The third kappa shape index (κ3) is 2.17. The summed E-state index contributed by atoms with van der Waals surface area (Å²) in [6.45, 7) is 2.02. The molecule has 0 N–H and O–H groups in total. The summed E-state index contributed by atoms with van der Waals surface area (Å²) >= 11 is 0. The summed E-state index contributed by atoms with van der Waals surface area (Å²) in [6.07, 6.45) is 0. The Morgan fingerprint density at radius 2 is 1.65 bits per heavy atom. The van der Waals surface area contributed by atoms with Gasteiger partial charge in [-0.1, -0.05) is 48.0 Å². The largest absolute Gasteiger partial charge is 0.191 e. The number of benzene rings is 2. The molecule has 4 heteroatoms. The summed E-state index contributed by atoms with van der Waals surface area (Å²) in [5.74, 6) is 0. The van der Waals surface area contributed by atoms with Crippen LogP contribution < -0.4 is 0 Å². The first kappa shape index (κ1) is 12.1. The first-order chi connectivity index (χ1) is 9.78. The van der Waals surface area contributed by atoms with E-state index >= 15 is 0 Å². The molecule has 96 valence electrons. The third-order valence-corrected chi connectivity index (χ3v) is 3.03. The van der Waals surface area contributed by atoms with Crippen molar-refractivity contribution >= 4 is 0 Å². The second-order valence-corrected chi connectivity index (χ2v) is 4.50. The van der Waals surface area contributed by atoms with Crippen LogP contribution in [-0.4, -0.2) is 15.0 Å². The molecule has 0 bridgehead atoms. The first-order valence-electron chi connectivity index (χ1n) is 6.28. The highest BCUT2D eigenvalue weighted by molar-refractivity contribution is 5.64. The van der Waals surface area contributed by atoms with Gasteiger partial charge >= 0.3 is 0 Å². The topological polar surface area (TPSA) is 54.5 Å². The molecule has 1 heterocycles. The lowest BCUT2D eigenvalue weighted by molar-refractivity contribution is 0.751. The maximum atomic E-state index is 9.22. The van der Waals surface area contributed by atoms with E-state index < -0.39 is 0 Å². The molecule has 0 atom stereocenters. The molecule has 0 aliphatic rings. The number of rotatable bonds is 2. The minimum absolute atomic E-state index is 0.330. The monoisotopic (exact) mass is 260 g/mol. The van der Waals surface area contributed by atoms with Crippen molar-refractivity contribution in [1.82, 2.24) is 15.0 Å². The molecule has 3 aromatic rings. The normalized spacial score (nSPS) is 10.2. The maximum absolute atomic E-state index is 9.22. The van der Waals surface area contributed by atoms with Gasteiger partial charge in [-0.2, -0.15) is 5.26 Å². The molecule has 2 aromatic carbocycles. The van der Waals surface area contributed by atoms with Gasteiger partial charge in [-0.25, -0.2) is 0 Å². The van der Waals surface area contributed by atoms with Gasteiger partial charge in [0.25, 0.3) is 0 Å². The third-order valence-electron chi connectivity index (χ3n) is 3.03. The molecule has 4 nitrogen and oxygen atoms in total. The van der Waals surface area contributed by atoms with Gasteiger partial charge < -0.3 is 0 Å². The Kier molecular flexibility index (Phi) is 3.02. The van der Waals surface area contributed by atoms with Gasteiger partial charge in [0.2, 0.25) is 0 Å². The zero-order valence-corrected chi connectivity index (χ0v) is 11.0. The quantitative estimate of drug-likeness (QED) is 0.711. The van der Waals surface area contributed by atoms with Crippen LogP contribution in [0.15, 0.2) is 54.6 Å². The second-order valence-electron chi connectivity index (χ2n) is 4.50. The van der Waals surface area contributed by atoms with Crippen molar-refractivity contribution in [2.24, 2.45) is 0 Å². The summed E-state index contributed by atoms with van der Waals surface area (Å²) < 4.78 is 0. The lowest BCUT2D eigenvalue weighted by Gasteiger charge is -1.99. The molecule has 0 unspecified atom stereocenters. The first-order valence-corrected chi connectivity index (χ1v) is 6.28. The van der Waals surface area contributed by atoms with Crippen LogP contribution in [0.1, 0.15) is 11.3 Å². The minimum Gasteiger partial charge on any atom is -0.191 e. The molecule has 0 amide bonds. The van der Waals surface area contributed by atoms with E-state index in [-0.39, 0.29) is 0 Å². The smallest absolute Gasteiger partial charge is 0.191 e. The van der Waals surface area contributed by atoms with E-state index in [0.29, 0.717) is 11.4 Å². The van der Waals surface area contributed by atoms with Crippen molar-refractivity contribution in [3.63, 3.8) is 0 Å². The number of nitrogens with zero attached hydrogens (tertiary/aromatic N) is 4. The van der Waals surface area contributed by atoms with Gasteiger partial charge in [0.15, 0.2) is 5.69 Å². The molecule has 0 radical (unpaired) electrons. The summed E-state index contributed by atoms with van der Waals surface area (Å²) in [5, 5.41) is 17.9. The fourth-order valence-corrected chi connectivity index (χ4v) is 1.97. The fourth-order valence-electron chi connectivity index (χ4n) is 1.97. The minimum atomic E-state index is 0.330. The van der Waals surface area contributed by atoms with Crippen LogP contribution in [0.4, 0.5) is 0 Å². The van der Waals surface area contributed by atoms with Crippen molar-refractivity contribution in [1.29, 1.82) is 5.26 Å². The molecule has 1 aromatic heterocycles. The van der Waals surface area contributed by atoms with E-state index in [1.54, 1.807) is 0 Å². The lowest BCUT2D eigenvalue weighted by Crippen LogP contribution is -1.98. The Balaban J connectivity index is 2.10. The van der Waals surface area contributed by atoms with Crippen LogP contribution in [0.2, 0.25) is 0 Å². The molecule has 0 saturated heterocycles. The summed E-state index contributed by atoms with van der Waals surface area (Å²) in [4.78, 5) is 1.50. The number of aryl methyl sites for hydroxylation is 1. The molecular weight excluding hydrogens is 248 g/mol. The number of hydrogen-bond acceptors (Lipinski definition) is 3. The molecule has 0 fully saturated rings. The second kappa shape index (κ2) is 4.98. The maximum Gasteiger partial charge on any atom is 0.191 e. The predicted molar refractivity (Wildman–Crippen MR) is 76.2 cm³/mol. The van der Waals surface area contributed by atoms with E-state index in [0.717, 1.165) is 11.3 Å². The Morgan fingerprint density at radius 1 is 0.950 bits per heavy atom. The highest BCUT2D eigenvalue weighted by Gasteiger charge is 2.13.